The molecule has 0 saturated carbocycles. The summed E-state index contributed by atoms with van der Waals surface area (Å²) >= 11 is 0. The van der Waals surface area contributed by atoms with Gasteiger partial charge >= 0.3 is 0 Å². The third-order valence-electron chi connectivity index (χ3n) is 2.86. The summed E-state index contributed by atoms with van der Waals surface area (Å²) in [4.78, 5) is 2.12. The first-order valence-electron chi connectivity index (χ1n) is 6.10. The van der Waals surface area contributed by atoms with Crippen molar-refractivity contribution in [1.29, 1.82) is 0 Å². The molecular weight excluding hydrogens is 212 g/mol. The highest BCUT2D eigenvalue weighted by Crippen LogP contribution is 2.26. The van der Waals surface area contributed by atoms with Crippen molar-refractivity contribution in [3.63, 3.8) is 0 Å². The van der Waals surface area contributed by atoms with Gasteiger partial charge in [-0.05, 0) is 46.6 Å². The van der Waals surface area contributed by atoms with Crippen LogP contribution in [0.4, 0.5) is 0 Å². The zero-order valence-corrected chi connectivity index (χ0v) is 11.6. The highest BCUT2D eigenvalue weighted by atomic mass is 16.5. The maximum atomic E-state index is 5.87. The largest absolute Gasteiger partial charge is 0.492 e. The van der Waals surface area contributed by atoms with E-state index in [4.69, 9.17) is 4.74 Å². The number of likely N-dealkylation sites (N-methyl/N-ethyl adjacent to an activating group) is 1. The molecule has 1 rings (SSSR count). The van der Waals surface area contributed by atoms with E-state index in [0.29, 0.717) is 6.04 Å². The second kappa shape index (κ2) is 6.62. The topological polar surface area (TPSA) is 24.5 Å². The first kappa shape index (κ1) is 14.0. The van der Waals surface area contributed by atoms with Gasteiger partial charge in [0.25, 0.3) is 0 Å². The lowest BCUT2D eigenvalue weighted by atomic mass is 10.1. The minimum Gasteiger partial charge on any atom is -0.492 e. The minimum atomic E-state index is 0.310. The summed E-state index contributed by atoms with van der Waals surface area (Å²) < 4.78 is 5.87. The summed E-state index contributed by atoms with van der Waals surface area (Å²) in [6.07, 6.45) is 0. The molecule has 0 aromatic heterocycles. The molecule has 0 spiro atoms. The highest BCUT2D eigenvalue weighted by Gasteiger charge is 2.10. The lowest BCUT2D eigenvalue weighted by Gasteiger charge is -2.18. The van der Waals surface area contributed by atoms with Crippen molar-refractivity contribution in [3.05, 3.63) is 29.3 Å². The lowest BCUT2D eigenvalue weighted by molar-refractivity contribution is 0.258. The Hall–Kier alpha value is -1.06. The van der Waals surface area contributed by atoms with Crippen molar-refractivity contribution in [3.8, 4) is 5.75 Å². The number of aryl methyl sites for hydroxylation is 1. The molecule has 0 aliphatic rings. The average molecular weight is 236 g/mol. The molecule has 0 amide bonds. The monoisotopic (exact) mass is 236 g/mol. The Morgan fingerprint density at radius 2 is 2.06 bits per heavy atom. The van der Waals surface area contributed by atoms with E-state index in [9.17, 15) is 0 Å². The maximum absolute atomic E-state index is 5.87. The summed E-state index contributed by atoms with van der Waals surface area (Å²) in [6.45, 7) is 5.89. The molecule has 17 heavy (non-hydrogen) atoms. The first-order chi connectivity index (χ1) is 8.04. The molecule has 1 aromatic rings. The fourth-order valence-electron chi connectivity index (χ4n) is 1.62. The fraction of sp³-hybridized carbons (Fsp3) is 0.571. The van der Waals surface area contributed by atoms with Gasteiger partial charge in [-0.15, -0.1) is 0 Å². The number of hydrogen-bond acceptors (Lipinski definition) is 3. The Kier molecular flexibility index (Phi) is 5.45. The van der Waals surface area contributed by atoms with Gasteiger partial charge in [-0.1, -0.05) is 12.1 Å². The quantitative estimate of drug-likeness (QED) is 0.819. The van der Waals surface area contributed by atoms with Crippen LogP contribution in [0.5, 0.6) is 5.75 Å². The van der Waals surface area contributed by atoms with Gasteiger partial charge in [-0.25, -0.2) is 0 Å². The van der Waals surface area contributed by atoms with Crippen LogP contribution in [0, 0.1) is 6.92 Å². The minimum absolute atomic E-state index is 0.310. The molecule has 0 aliphatic heterocycles. The maximum Gasteiger partial charge on any atom is 0.124 e. The van der Waals surface area contributed by atoms with Crippen LogP contribution < -0.4 is 10.1 Å². The third kappa shape index (κ3) is 4.36. The average Bonchev–Trinajstić information content (AvgIpc) is 2.28. The van der Waals surface area contributed by atoms with Crippen molar-refractivity contribution in [2.45, 2.75) is 19.9 Å². The van der Waals surface area contributed by atoms with E-state index in [1.807, 2.05) is 7.05 Å². The van der Waals surface area contributed by atoms with Crippen LogP contribution in [0.15, 0.2) is 18.2 Å². The van der Waals surface area contributed by atoms with Crippen LogP contribution in [-0.4, -0.2) is 39.2 Å². The van der Waals surface area contributed by atoms with E-state index in [1.54, 1.807) is 0 Å². The molecule has 0 bridgehead atoms. The normalized spacial score (nSPS) is 12.8. The van der Waals surface area contributed by atoms with E-state index in [1.165, 1.54) is 11.1 Å². The SMILES string of the molecule is CNC(C)c1ccc(C)cc1OCCN(C)C. The Bertz CT molecular complexity index is 350. The van der Waals surface area contributed by atoms with Gasteiger partial charge in [0.1, 0.15) is 12.4 Å². The van der Waals surface area contributed by atoms with Gasteiger partial charge in [0.05, 0.1) is 0 Å². The van der Waals surface area contributed by atoms with Crippen molar-refractivity contribution in [1.82, 2.24) is 10.2 Å². The molecule has 3 nitrogen and oxygen atoms in total. The molecule has 0 heterocycles. The molecule has 3 heteroatoms. The molecule has 0 aliphatic carbocycles. The van der Waals surface area contributed by atoms with Crippen molar-refractivity contribution in [2.75, 3.05) is 34.3 Å². The second-order valence-electron chi connectivity index (χ2n) is 4.70. The van der Waals surface area contributed by atoms with Crippen molar-refractivity contribution < 1.29 is 4.74 Å². The number of ether oxygens (including phenoxy) is 1. The second-order valence-corrected chi connectivity index (χ2v) is 4.70. The highest BCUT2D eigenvalue weighted by molar-refractivity contribution is 5.39. The van der Waals surface area contributed by atoms with Crippen LogP contribution in [0.25, 0.3) is 0 Å². The van der Waals surface area contributed by atoms with Gasteiger partial charge in [-0.2, -0.15) is 0 Å². The van der Waals surface area contributed by atoms with Crippen LogP contribution in [0.2, 0.25) is 0 Å². The van der Waals surface area contributed by atoms with Crippen LogP contribution >= 0.6 is 0 Å². The predicted octanol–water partition coefficient (Wildman–Crippen LogP) is 2.22. The number of nitrogens with zero attached hydrogens (tertiary/aromatic N) is 1. The van der Waals surface area contributed by atoms with E-state index in [2.05, 4.69) is 56.4 Å². The Morgan fingerprint density at radius 1 is 1.35 bits per heavy atom. The fourth-order valence-corrected chi connectivity index (χ4v) is 1.62. The standard InChI is InChI=1S/C14H24N2O/c1-11-6-7-13(12(2)15-3)14(10-11)17-9-8-16(4)5/h6-7,10,12,15H,8-9H2,1-5H3. The van der Waals surface area contributed by atoms with Gasteiger partial charge in [0, 0.05) is 18.2 Å². The van der Waals surface area contributed by atoms with Crippen molar-refractivity contribution in [2.24, 2.45) is 0 Å². The van der Waals surface area contributed by atoms with Gasteiger partial charge in [-0.3, -0.25) is 0 Å². The Labute approximate surface area is 105 Å². The van der Waals surface area contributed by atoms with Crippen LogP contribution in [0.3, 0.4) is 0 Å². The number of rotatable bonds is 6. The van der Waals surface area contributed by atoms with Crippen molar-refractivity contribution >= 4 is 0 Å². The van der Waals surface area contributed by atoms with E-state index in [0.717, 1.165) is 18.9 Å². The smallest absolute Gasteiger partial charge is 0.124 e. The number of nitrogens with one attached hydrogen (secondary N) is 1. The first-order valence-corrected chi connectivity index (χ1v) is 6.10. The third-order valence-corrected chi connectivity index (χ3v) is 2.86. The summed E-state index contributed by atoms with van der Waals surface area (Å²) in [5.41, 5.74) is 2.45. The molecule has 1 unspecified atom stereocenters. The van der Waals surface area contributed by atoms with Gasteiger partial charge in [0.2, 0.25) is 0 Å². The van der Waals surface area contributed by atoms with Crippen LogP contribution in [-0.2, 0) is 0 Å². The summed E-state index contributed by atoms with van der Waals surface area (Å²) in [5, 5.41) is 3.25. The summed E-state index contributed by atoms with van der Waals surface area (Å²) in [7, 11) is 6.07. The van der Waals surface area contributed by atoms with Gasteiger partial charge < -0.3 is 15.0 Å². The predicted molar refractivity (Wildman–Crippen MR) is 72.7 cm³/mol. The van der Waals surface area contributed by atoms with Crippen LogP contribution in [0.1, 0.15) is 24.1 Å². The van der Waals surface area contributed by atoms with E-state index >= 15 is 0 Å². The number of benzene rings is 1. The molecule has 0 fully saturated rings. The molecule has 0 radical (unpaired) electrons. The molecular formula is C14H24N2O. The molecule has 1 aromatic carbocycles. The lowest BCUT2D eigenvalue weighted by Crippen LogP contribution is -2.20. The van der Waals surface area contributed by atoms with E-state index in [-0.39, 0.29) is 0 Å². The molecule has 1 atom stereocenters. The summed E-state index contributed by atoms with van der Waals surface area (Å²) in [5.74, 6) is 0.994. The zero-order chi connectivity index (χ0) is 12.8. The van der Waals surface area contributed by atoms with E-state index < -0.39 is 0 Å². The molecule has 1 N–H and O–H groups in total. The Balaban J connectivity index is 2.76. The zero-order valence-electron chi connectivity index (χ0n) is 11.6. The molecule has 0 saturated heterocycles. The molecule has 96 valence electrons. The number of hydrogen-bond donors (Lipinski definition) is 1. The Morgan fingerprint density at radius 3 is 2.65 bits per heavy atom. The summed E-state index contributed by atoms with van der Waals surface area (Å²) in [6, 6.07) is 6.69. The van der Waals surface area contributed by atoms with Gasteiger partial charge in [0.15, 0.2) is 0 Å².